The van der Waals surface area contributed by atoms with Crippen molar-refractivity contribution in [2.24, 2.45) is 0 Å². The third-order valence-electron chi connectivity index (χ3n) is 4.23. The summed E-state index contributed by atoms with van der Waals surface area (Å²) in [7, 11) is -2.10. The number of nitrogens with one attached hydrogen (secondary N) is 2. The quantitative estimate of drug-likeness (QED) is 0.825. The lowest BCUT2D eigenvalue weighted by Gasteiger charge is -2.28. The lowest BCUT2D eigenvalue weighted by Crippen LogP contribution is -2.31. The Morgan fingerprint density at radius 2 is 1.85 bits per heavy atom. The molecule has 8 nitrogen and oxygen atoms in total. The third kappa shape index (κ3) is 3.92. The molecule has 2 aromatic rings. The van der Waals surface area contributed by atoms with E-state index in [0.717, 1.165) is 25.9 Å². The molecule has 1 fully saturated rings. The van der Waals surface area contributed by atoms with Crippen molar-refractivity contribution in [1.29, 1.82) is 5.26 Å². The van der Waals surface area contributed by atoms with Crippen LogP contribution in [-0.2, 0) is 10.0 Å². The molecule has 0 saturated carbocycles. The van der Waals surface area contributed by atoms with Crippen LogP contribution in [0.2, 0.25) is 0 Å². The average Bonchev–Trinajstić information content (AvgIpc) is 2.69. The van der Waals surface area contributed by atoms with E-state index < -0.39 is 10.0 Å². The minimum atomic E-state index is -3.47. The summed E-state index contributed by atoms with van der Waals surface area (Å²) >= 11 is 0. The second-order valence-electron chi connectivity index (χ2n) is 5.95. The number of nitriles is 1. The van der Waals surface area contributed by atoms with Crippen LogP contribution in [0.3, 0.4) is 0 Å². The summed E-state index contributed by atoms with van der Waals surface area (Å²) in [6, 6.07) is 8.44. The van der Waals surface area contributed by atoms with Crippen LogP contribution >= 0.6 is 0 Å². The maximum atomic E-state index is 11.8. The van der Waals surface area contributed by atoms with Crippen molar-refractivity contribution in [3.8, 4) is 6.07 Å². The van der Waals surface area contributed by atoms with Gasteiger partial charge >= 0.3 is 0 Å². The molecule has 0 unspecified atom stereocenters. The Labute approximate surface area is 152 Å². The molecule has 2 N–H and O–H groups in total. The summed E-state index contributed by atoms with van der Waals surface area (Å²) < 4.78 is 25.8. The number of aromatic nitrogens is 2. The van der Waals surface area contributed by atoms with Gasteiger partial charge in [0.1, 0.15) is 11.6 Å². The topological polar surface area (TPSA) is 111 Å². The Morgan fingerprint density at radius 1 is 1.15 bits per heavy atom. The van der Waals surface area contributed by atoms with E-state index >= 15 is 0 Å². The number of rotatable bonds is 5. The summed E-state index contributed by atoms with van der Waals surface area (Å²) in [5.41, 5.74) is 1.11. The molecule has 1 aromatic carbocycles. The molecule has 0 radical (unpaired) electrons. The van der Waals surface area contributed by atoms with Gasteiger partial charge in [0.15, 0.2) is 5.82 Å². The standard InChI is InChI=1S/C17H20N6O2S/c1-19-26(24,25)15-7-5-14(6-8-15)21-17-20-12-13(11-18)16(22-17)23-9-3-2-4-10-23/h5-8,12,19H,2-4,9-10H2,1H3,(H,20,21,22). The number of hydrogen-bond acceptors (Lipinski definition) is 7. The van der Waals surface area contributed by atoms with Crippen molar-refractivity contribution < 1.29 is 8.42 Å². The average molecular weight is 372 g/mol. The highest BCUT2D eigenvalue weighted by Crippen LogP contribution is 2.24. The van der Waals surface area contributed by atoms with Crippen LogP contribution in [0.5, 0.6) is 0 Å². The molecule has 1 aliphatic rings. The van der Waals surface area contributed by atoms with E-state index in [2.05, 4.69) is 31.0 Å². The number of anilines is 3. The lowest BCUT2D eigenvalue weighted by atomic mass is 10.1. The molecule has 1 aliphatic heterocycles. The smallest absolute Gasteiger partial charge is 0.240 e. The van der Waals surface area contributed by atoms with E-state index in [-0.39, 0.29) is 4.90 Å². The number of piperidine rings is 1. The molecular weight excluding hydrogens is 352 g/mol. The van der Waals surface area contributed by atoms with Gasteiger partial charge in [-0.2, -0.15) is 10.2 Å². The molecule has 3 rings (SSSR count). The van der Waals surface area contributed by atoms with Crippen LogP contribution in [0.1, 0.15) is 24.8 Å². The maximum absolute atomic E-state index is 11.8. The first-order valence-electron chi connectivity index (χ1n) is 8.36. The predicted octanol–water partition coefficient (Wildman–Crippen LogP) is 1.99. The van der Waals surface area contributed by atoms with Crippen LogP contribution in [-0.4, -0.2) is 38.5 Å². The van der Waals surface area contributed by atoms with E-state index in [4.69, 9.17) is 0 Å². The van der Waals surface area contributed by atoms with Crippen molar-refractivity contribution in [3.63, 3.8) is 0 Å². The van der Waals surface area contributed by atoms with E-state index in [9.17, 15) is 13.7 Å². The molecule has 0 spiro atoms. The Kier molecular flexibility index (Phi) is 5.35. The zero-order valence-electron chi connectivity index (χ0n) is 14.4. The minimum Gasteiger partial charge on any atom is -0.355 e. The molecule has 0 amide bonds. The molecule has 1 aromatic heterocycles. The molecule has 1 saturated heterocycles. The summed E-state index contributed by atoms with van der Waals surface area (Å²) in [5, 5.41) is 12.4. The van der Waals surface area contributed by atoms with Crippen LogP contribution < -0.4 is 14.9 Å². The van der Waals surface area contributed by atoms with Crippen molar-refractivity contribution in [3.05, 3.63) is 36.0 Å². The van der Waals surface area contributed by atoms with Crippen LogP contribution in [0.25, 0.3) is 0 Å². The van der Waals surface area contributed by atoms with E-state index in [1.54, 1.807) is 12.1 Å². The summed E-state index contributed by atoms with van der Waals surface area (Å²) in [6.07, 6.45) is 4.87. The van der Waals surface area contributed by atoms with Gasteiger partial charge in [-0.25, -0.2) is 18.1 Å². The van der Waals surface area contributed by atoms with Gasteiger partial charge in [-0.3, -0.25) is 0 Å². The summed E-state index contributed by atoms with van der Waals surface area (Å²) in [4.78, 5) is 11.0. The van der Waals surface area contributed by atoms with Crippen molar-refractivity contribution in [2.75, 3.05) is 30.4 Å². The highest BCUT2D eigenvalue weighted by atomic mass is 32.2. The van der Waals surface area contributed by atoms with Gasteiger partial charge in [-0.15, -0.1) is 0 Å². The van der Waals surface area contributed by atoms with Crippen molar-refractivity contribution in [1.82, 2.24) is 14.7 Å². The molecule has 0 atom stereocenters. The monoisotopic (exact) mass is 372 g/mol. The highest BCUT2D eigenvalue weighted by Gasteiger charge is 2.17. The fraction of sp³-hybridized carbons (Fsp3) is 0.353. The van der Waals surface area contributed by atoms with Gasteiger partial charge in [-0.05, 0) is 50.6 Å². The lowest BCUT2D eigenvalue weighted by molar-refractivity contribution is 0.573. The van der Waals surface area contributed by atoms with E-state index in [0.29, 0.717) is 23.0 Å². The SMILES string of the molecule is CNS(=O)(=O)c1ccc(Nc2ncc(C#N)c(N3CCCCC3)n2)cc1. The van der Waals surface area contributed by atoms with Crippen molar-refractivity contribution in [2.45, 2.75) is 24.2 Å². The fourth-order valence-electron chi connectivity index (χ4n) is 2.82. The Balaban J connectivity index is 1.83. The largest absolute Gasteiger partial charge is 0.355 e. The van der Waals surface area contributed by atoms with Crippen LogP contribution in [0.15, 0.2) is 35.4 Å². The molecule has 26 heavy (non-hydrogen) atoms. The first-order valence-corrected chi connectivity index (χ1v) is 9.84. The van der Waals surface area contributed by atoms with Gasteiger partial charge in [0.25, 0.3) is 0 Å². The fourth-order valence-corrected chi connectivity index (χ4v) is 3.55. The molecule has 0 aliphatic carbocycles. The number of benzene rings is 1. The second-order valence-corrected chi connectivity index (χ2v) is 7.83. The first-order chi connectivity index (χ1) is 12.5. The van der Waals surface area contributed by atoms with Gasteiger partial charge in [-0.1, -0.05) is 0 Å². The van der Waals surface area contributed by atoms with Gasteiger partial charge < -0.3 is 10.2 Å². The molecule has 2 heterocycles. The van der Waals surface area contributed by atoms with Gasteiger partial charge in [0.2, 0.25) is 16.0 Å². The molecular formula is C17H20N6O2S. The number of nitrogens with zero attached hydrogens (tertiary/aromatic N) is 4. The number of sulfonamides is 1. The Hall–Kier alpha value is -2.70. The summed E-state index contributed by atoms with van der Waals surface area (Å²) in [6.45, 7) is 1.75. The van der Waals surface area contributed by atoms with Gasteiger partial charge in [0.05, 0.1) is 11.1 Å². The highest BCUT2D eigenvalue weighted by molar-refractivity contribution is 7.89. The van der Waals surface area contributed by atoms with E-state index in [1.165, 1.54) is 31.8 Å². The molecule has 0 bridgehead atoms. The Bertz CT molecular complexity index is 915. The molecule has 136 valence electrons. The van der Waals surface area contributed by atoms with Crippen LogP contribution in [0.4, 0.5) is 17.5 Å². The van der Waals surface area contributed by atoms with Crippen LogP contribution in [0, 0.1) is 11.3 Å². The Morgan fingerprint density at radius 3 is 2.46 bits per heavy atom. The van der Waals surface area contributed by atoms with Crippen molar-refractivity contribution >= 4 is 27.5 Å². The first kappa shape index (κ1) is 18.1. The second kappa shape index (κ2) is 7.68. The number of hydrogen-bond donors (Lipinski definition) is 2. The maximum Gasteiger partial charge on any atom is 0.240 e. The zero-order valence-corrected chi connectivity index (χ0v) is 15.3. The van der Waals surface area contributed by atoms with Gasteiger partial charge in [0, 0.05) is 18.8 Å². The molecule has 9 heteroatoms. The predicted molar refractivity (Wildman–Crippen MR) is 98.8 cm³/mol. The zero-order chi connectivity index (χ0) is 18.6. The normalized spacial score (nSPS) is 14.7. The van der Waals surface area contributed by atoms with E-state index in [1.807, 2.05) is 0 Å². The third-order valence-corrected chi connectivity index (χ3v) is 5.66. The minimum absolute atomic E-state index is 0.181. The summed E-state index contributed by atoms with van der Waals surface area (Å²) in [5.74, 6) is 1.01.